The molecule has 2 rings (SSSR count). The predicted molar refractivity (Wildman–Crippen MR) is 74.6 cm³/mol. The van der Waals surface area contributed by atoms with Crippen molar-refractivity contribution >= 4 is 21.4 Å². The molecule has 2 N–H and O–H groups in total. The molecule has 1 aliphatic carbocycles. The van der Waals surface area contributed by atoms with E-state index in [4.69, 9.17) is 5.73 Å². The van der Waals surface area contributed by atoms with E-state index in [0.717, 1.165) is 18.9 Å². The maximum atomic E-state index is 12.5. The van der Waals surface area contributed by atoms with Crippen LogP contribution in [0.4, 0.5) is 11.4 Å². The van der Waals surface area contributed by atoms with E-state index in [1.54, 1.807) is 0 Å². The zero-order valence-corrected chi connectivity index (χ0v) is 12.1. The monoisotopic (exact) mass is 299 g/mol. The van der Waals surface area contributed by atoms with Crippen molar-refractivity contribution in [3.63, 3.8) is 0 Å². The van der Waals surface area contributed by atoms with Crippen LogP contribution in [0.15, 0.2) is 23.1 Å². The Balaban J connectivity index is 2.45. The molecule has 0 amide bonds. The maximum absolute atomic E-state index is 12.5. The van der Waals surface area contributed by atoms with Gasteiger partial charge in [0, 0.05) is 24.8 Å². The number of nitrogens with two attached hydrogens (primary N) is 1. The normalized spacial score (nSPS) is 17.1. The first-order valence-corrected chi connectivity index (χ1v) is 7.71. The molecule has 1 aromatic carbocycles. The molecule has 1 unspecified atom stereocenters. The quantitative estimate of drug-likeness (QED) is 0.505. The Labute approximate surface area is 117 Å². The third kappa shape index (κ3) is 2.61. The summed E-state index contributed by atoms with van der Waals surface area (Å²) in [4.78, 5) is 9.99. The number of nitro groups is 1. The summed E-state index contributed by atoms with van der Waals surface area (Å²) in [6.07, 6.45) is 1.98. The topological polar surface area (TPSA) is 107 Å². The number of anilines is 1. The van der Waals surface area contributed by atoms with Crippen LogP contribution in [0.1, 0.15) is 19.8 Å². The molecule has 1 saturated carbocycles. The lowest BCUT2D eigenvalue weighted by Crippen LogP contribution is -2.36. The Morgan fingerprint density at radius 3 is 2.55 bits per heavy atom. The van der Waals surface area contributed by atoms with Gasteiger partial charge in [0.05, 0.1) is 4.92 Å². The van der Waals surface area contributed by atoms with E-state index in [0.29, 0.717) is 5.92 Å². The van der Waals surface area contributed by atoms with Gasteiger partial charge in [-0.2, -0.15) is 4.31 Å². The Kier molecular flexibility index (Phi) is 3.70. The molecule has 8 heteroatoms. The van der Waals surface area contributed by atoms with Crippen LogP contribution >= 0.6 is 0 Å². The molecule has 110 valence electrons. The van der Waals surface area contributed by atoms with E-state index >= 15 is 0 Å². The molecule has 1 fully saturated rings. The molecule has 0 aliphatic heterocycles. The van der Waals surface area contributed by atoms with Crippen LogP contribution in [0.5, 0.6) is 0 Å². The Hall–Kier alpha value is -1.67. The second-order valence-corrected chi connectivity index (χ2v) is 7.05. The van der Waals surface area contributed by atoms with E-state index < -0.39 is 20.6 Å². The smallest absolute Gasteiger partial charge is 0.291 e. The van der Waals surface area contributed by atoms with E-state index in [9.17, 15) is 18.5 Å². The SMILES string of the molecule is CC(C1CC1)N(C)S(=O)(=O)c1ccc(N)cc1[N+](=O)[O-]. The number of nitro benzene ring substituents is 1. The van der Waals surface area contributed by atoms with E-state index in [1.165, 1.54) is 23.5 Å². The van der Waals surface area contributed by atoms with Crippen molar-refractivity contribution in [2.24, 2.45) is 5.92 Å². The van der Waals surface area contributed by atoms with Crippen molar-refractivity contribution in [2.45, 2.75) is 30.7 Å². The fourth-order valence-corrected chi connectivity index (χ4v) is 3.70. The van der Waals surface area contributed by atoms with Crippen molar-refractivity contribution in [3.8, 4) is 0 Å². The Bertz CT molecular complexity index is 640. The second-order valence-electron chi connectivity index (χ2n) is 5.08. The van der Waals surface area contributed by atoms with Gasteiger partial charge < -0.3 is 5.73 Å². The number of hydrogen-bond acceptors (Lipinski definition) is 5. The first-order valence-electron chi connectivity index (χ1n) is 6.27. The van der Waals surface area contributed by atoms with Crippen LogP contribution in [0.3, 0.4) is 0 Å². The first kappa shape index (κ1) is 14.7. The average Bonchev–Trinajstić information content (AvgIpc) is 3.20. The van der Waals surface area contributed by atoms with Gasteiger partial charge in [0.15, 0.2) is 4.90 Å². The third-order valence-electron chi connectivity index (χ3n) is 3.71. The summed E-state index contributed by atoms with van der Waals surface area (Å²) in [5.41, 5.74) is 5.16. The number of sulfonamides is 1. The van der Waals surface area contributed by atoms with Gasteiger partial charge >= 0.3 is 0 Å². The molecule has 1 atom stereocenters. The van der Waals surface area contributed by atoms with Crippen LogP contribution in [0.25, 0.3) is 0 Å². The van der Waals surface area contributed by atoms with Gasteiger partial charge in [-0.1, -0.05) is 0 Å². The molecule has 0 bridgehead atoms. The van der Waals surface area contributed by atoms with E-state index in [1.807, 2.05) is 6.92 Å². The second kappa shape index (κ2) is 5.02. The summed E-state index contributed by atoms with van der Waals surface area (Å²) < 4.78 is 26.3. The molecule has 0 radical (unpaired) electrons. The molecule has 20 heavy (non-hydrogen) atoms. The first-order chi connectivity index (χ1) is 9.25. The third-order valence-corrected chi connectivity index (χ3v) is 5.71. The lowest BCUT2D eigenvalue weighted by Gasteiger charge is -2.24. The van der Waals surface area contributed by atoms with Crippen molar-refractivity contribution in [1.82, 2.24) is 4.31 Å². The molecular formula is C12H17N3O4S. The van der Waals surface area contributed by atoms with Gasteiger partial charge in [0.25, 0.3) is 5.69 Å². The number of nitrogen functional groups attached to an aromatic ring is 1. The molecule has 0 saturated heterocycles. The minimum Gasteiger partial charge on any atom is -0.399 e. The summed E-state index contributed by atoms with van der Waals surface area (Å²) in [6, 6.07) is 3.45. The van der Waals surface area contributed by atoms with Gasteiger partial charge in [-0.15, -0.1) is 0 Å². The minimum absolute atomic E-state index is 0.161. The van der Waals surface area contributed by atoms with Gasteiger partial charge in [-0.3, -0.25) is 10.1 Å². The zero-order chi connectivity index (χ0) is 15.1. The minimum atomic E-state index is -3.90. The highest BCUT2D eigenvalue weighted by molar-refractivity contribution is 7.89. The van der Waals surface area contributed by atoms with E-state index in [-0.39, 0.29) is 16.6 Å². The maximum Gasteiger partial charge on any atom is 0.291 e. The fraction of sp³-hybridized carbons (Fsp3) is 0.500. The summed E-state index contributed by atoms with van der Waals surface area (Å²) in [6.45, 7) is 1.82. The number of benzene rings is 1. The highest BCUT2D eigenvalue weighted by Crippen LogP contribution is 2.37. The molecule has 1 aromatic rings. The van der Waals surface area contributed by atoms with Crippen molar-refractivity contribution < 1.29 is 13.3 Å². The standard InChI is InChI=1S/C12H17N3O4S/c1-8(9-3-4-9)14(2)20(18,19)12-6-5-10(13)7-11(12)15(16)17/h5-9H,3-4,13H2,1-2H3. The van der Waals surface area contributed by atoms with Gasteiger partial charge in [-0.25, -0.2) is 8.42 Å². The van der Waals surface area contributed by atoms with Crippen LogP contribution < -0.4 is 5.73 Å². The van der Waals surface area contributed by atoms with Crippen LogP contribution in [-0.2, 0) is 10.0 Å². The van der Waals surface area contributed by atoms with Crippen LogP contribution in [0, 0.1) is 16.0 Å². The lowest BCUT2D eigenvalue weighted by molar-refractivity contribution is -0.387. The molecule has 0 heterocycles. The average molecular weight is 299 g/mol. The fourth-order valence-electron chi connectivity index (χ4n) is 2.14. The van der Waals surface area contributed by atoms with Gasteiger partial charge in [-0.05, 0) is 37.8 Å². The van der Waals surface area contributed by atoms with Crippen molar-refractivity contribution in [1.29, 1.82) is 0 Å². The predicted octanol–water partition coefficient (Wildman–Crippen LogP) is 1.60. The number of hydrogen-bond donors (Lipinski definition) is 1. The summed E-state index contributed by atoms with van der Waals surface area (Å²) in [7, 11) is -2.44. The number of nitrogens with zero attached hydrogens (tertiary/aromatic N) is 2. The molecular weight excluding hydrogens is 282 g/mol. The largest absolute Gasteiger partial charge is 0.399 e. The zero-order valence-electron chi connectivity index (χ0n) is 11.3. The Morgan fingerprint density at radius 1 is 1.45 bits per heavy atom. The molecule has 7 nitrogen and oxygen atoms in total. The summed E-state index contributed by atoms with van der Waals surface area (Å²) in [5, 5.41) is 11.0. The summed E-state index contributed by atoms with van der Waals surface area (Å²) in [5.74, 6) is 0.336. The molecule has 0 spiro atoms. The van der Waals surface area contributed by atoms with Crippen LogP contribution in [0.2, 0.25) is 0 Å². The van der Waals surface area contributed by atoms with Crippen molar-refractivity contribution in [3.05, 3.63) is 28.3 Å². The highest BCUT2D eigenvalue weighted by Gasteiger charge is 2.38. The summed E-state index contributed by atoms with van der Waals surface area (Å²) >= 11 is 0. The Morgan fingerprint density at radius 2 is 2.05 bits per heavy atom. The number of rotatable bonds is 5. The van der Waals surface area contributed by atoms with Gasteiger partial charge in [0.2, 0.25) is 10.0 Å². The van der Waals surface area contributed by atoms with Crippen molar-refractivity contribution in [2.75, 3.05) is 12.8 Å². The molecule has 0 aromatic heterocycles. The van der Waals surface area contributed by atoms with E-state index in [2.05, 4.69) is 0 Å². The highest BCUT2D eigenvalue weighted by atomic mass is 32.2. The lowest BCUT2D eigenvalue weighted by atomic mass is 10.2. The van der Waals surface area contributed by atoms with Gasteiger partial charge in [0.1, 0.15) is 0 Å². The van der Waals surface area contributed by atoms with Crippen LogP contribution in [-0.4, -0.2) is 30.7 Å². The molecule has 1 aliphatic rings.